The number of nitrogens with one attached hydrogen (secondary N) is 2. The molecule has 0 radical (unpaired) electrons. The molecule has 20 heavy (non-hydrogen) atoms. The molecule has 2 amide bonds. The van der Waals surface area contributed by atoms with Crippen LogP contribution in [0.25, 0.3) is 0 Å². The maximum absolute atomic E-state index is 11.9. The third-order valence-corrected chi connectivity index (χ3v) is 2.89. The highest BCUT2D eigenvalue weighted by molar-refractivity contribution is 5.75. The van der Waals surface area contributed by atoms with Gasteiger partial charge in [-0.05, 0) is 39.3 Å². The van der Waals surface area contributed by atoms with Crippen LogP contribution < -0.4 is 10.6 Å². The topological polar surface area (TPSA) is 91.3 Å². The Kier molecular flexibility index (Phi) is 5.49. The van der Waals surface area contributed by atoms with Crippen molar-refractivity contribution in [3.8, 4) is 0 Å². The molecule has 1 atom stereocenters. The maximum atomic E-state index is 11.9. The molecule has 6 nitrogen and oxygen atoms in total. The molecule has 0 bridgehead atoms. The summed E-state index contributed by atoms with van der Waals surface area (Å²) >= 11 is 0. The summed E-state index contributed by atoms with van der Waals surface area (Å²) in [6, 6.07) is 4.95. The number of hydrogen-bond donors (Lipinski definition) is 3. The summed E-state index contributed by atoms with van der Waals surface area (Å²) in [5.74, 6) is -0.873. The molecular weight excluding hydrogens is 258 g/mol. The number of hydrogen-bond acceptors (Lipinski definition) is 3. The Labute approximate surface area is 118 Å². The Balaban J connectivity index is 2.48. The van der Waals surface area contributed by atoms with Crippen LogP contribution in [0.3, 0.4) is 0 Å². The van der Waals surface area contributed by atoms with E-state index in [0.29, 0.717) is 6.42 Å². The van der Waals surface area contributed by atoms with Crippen molar-refractivity contribution in [3.05, 3.63) is 30.1 Å². The minimum absolute atomic E-state index is 0.0169. The molecule has 0 saturated carbocycles. The standard InChI is InChI=1S/C14H21N3O3/c1-10(11-6-4-5-9-15-11)16-13(20)17-14(2,3)8-7-12(18)19/h4-6,9-10H,7-8H2,1-3H3,(H,18,19)(H2,16,17,20). The van der Waals surface area contributed by atoms with Crippen molar-refractivity contribution in [3.63, 3.8) is 0 Å². The molecule has 0 aliphatic rings. The zero-order chi connectivity index (χ0) is 15.2. The highest BCUT2D eigenvalue weighted by Gasteiger charge is 2.22. The molecule has 1 aromatic heterocycles. The van der Waals surface area contributed by atoms with Gasteiger partial charge in [0.15, 0.2) is 0 Å². The second kappa shape index (κ2) is 6.88. The molecule has 0 aliphatic carbocycles. The summed E-state index contributed by atoms with van der Waals surface area (Å²) in [7, 11) is 0. The Morgan fingerprint density at radius 3 is 2.65 bits per heavy atom. The zero-order valence-corrected chi connectivity index (χ0v) is 12.0. The van der Waals surface area contributed by atoms with E-state index in [2.05, 4.69) is 15.6 Å². The van der Waals surface area contributed by atoms with Crippen molar-refractivity contribution < 1.29 is 14.7 Å². The Morgan fingerprint density at radius 1 is 1.40 bits per heavy atom. The second-order valence-electron chi connectivity index (χ2n) is 5.35. The molecule has 6 heteroatoms. The lowest BCUT2D eigenvalue weighted by Gasteiger charge is -2.26. The van der Waals surface area contributed by atoms with Crippen LogP contribution in [0.1, 0.15) is 45.3 Å². The maximum Gasteiger partial charge on any atom is 0.315 e. The lowest BCUT2D eigenvalue weighted by Crippen LogP contribution is -2.49. The fraction of sp³-hybridized carbons (Fsp3) is 0.500. The van der Waals surface area contributed by atoms with E-state index >= 15 is 0 Å². The summed E-state index contributed by atoms with van der Waals surface area (Å²) in [6.07, 6.45) is 2.05. The molecule has 1 unspecified atom stereocenters. The molecule has 0 aliphatic heterocycles. The molecule has 1 rings (SSSR count). The minimum Gasteiger partial charge on any atom is -0.481 e. The summed E-state index contributed by atoms with van der Waals surface area (Å²) in [6.45, 7) is 5.42. The van der Waals surface area contributed by atoms with E-state index in [1.807, 2.05) is 25.1 Å². The fourth-order valence-electron chi connectivity index (χ4n) is 1.73. The number of carbonyl (C=O) groups is 2. The first-order valence-electron chi connectivity index (χ1n) is 6.51. The summed E-state index contributed by atoms with van der Waals surface area (Å²) in [5.41, 5.74) is 0.192. The van der Waals surface area contributed by atoms with Crippen molar-refractivity contribution in [1.82, 2.24) is 15.6 Å². The fourth-order valence-corrected chi connectivity index (χ4v) is 1.73. The number of nitrogens with zero attached hydrogens (tertiary/aromatic N) is 1. The number of urea groups is 1. The molecule has 0 fully saturated rings. The summed E-state index contributed by atoms with van der Waals surface area (Å²) in [5, 5.41) is 14.2. The largest absolute Gasteiger partial charge is 0.481 e. The van der Waals surface area contributed by atoms with E-state index in [1.54, 1.807) is 20.0 Å². The van der Waals surface area contributed by atoms with E-state index < -0.39 is 11.5 Å². The third-order valence-electron chi connectivity index (χ3n) is 2.89. The number of carboxylic acids is 1. The Hall–Kier alpha value is -2.11. The van der Waals surface area contributed by atoms with Gasteiger partial charge in [-0.25, -0.2) is 4.79 Å². The van der Waals surface area contributed by atoms with Crippen LogP contribution in [-0.2, 0) is 4.79 Å². The van der Waals surface area contributed by atoms with Gasteiger partial charge in [0.05, 0.1) is 11.7 Å². The average molecular weight is 279 g/mol. The van der Waals surface area contributed by atoms with E-state index in [4.69, 9.17) is 5.11 Å². The molecule has 1 aromatic rings. The highest BCUT2D eigenvalue weighted by Crippen LogP contribution is 2.12. The number of amides is 2. The lowest BCUT2D eigenvalue weighted by atomic mass is 9.99. The molecule has 0 aromatic carbocycles. The van der Waals surface area contributed by atoms with Gasteiger partial charge in [0.1, 0.15) is 0 Å². The Morgan fingerprint density at radius 2 is 2.10 bits per heavy atom. The SMILES string of the molecule is CC(NC(=O)NC(C)(C)CCC(=O)O)c1ccccn1. The molecule has 3 N–H and O–H groups in total. The quantitative estimate of drug-likeness (QED) is 0.743. The second-order valence-corrected chi connectivity index (χ2v) is 5.35. The molecular formula is C14H21N3O3. The normalized spacial score (nSPS) is 12.6. The smallest absolute Gasteiger partial charge is 0.315 e. The first-order chi connectivity index (χ1) is 9.30. The zero-order valence-electron chi connectivity index (χ0n) is 12.0. The van der Waals surface area contributed by atoms with Crippen LogP contribution in [0, 0.1) is 0 Å². The number of rotatable bonds is 6. The van der Waals surface area contributed by atoms with Crippen LogP contribution in [0.4, 0.5) is 4.79 Å². The predicted octanol–water partition coefficient (Wildman–Crippen LogP) is 2.09. The first-order valence-corrected chi connectivity index (χ1v) is 6.51. The number of aromatic nitrogens is 1. The Bertz CT molecular complexity index is 460. The van der Waals surface area contributed by atoms with Crippen molar-refractivity contribution in [2.75, 3.05) is 0 Å². The van der Waals surface area contributed by atoms with E-state index in [9.17, 15) is 9.59 Å². The molecule has 0 spiro atoms. The number of pyridine rings is 1. The summed E-state index contributed by atoms with van der Waals surface area (Å²) in [4.78, 5) is 26.6. The molecule has 0 saturated heterocycles. The van der Waals surface area contributed by atoms with Crippen LogP contribution in [0.5, 0.6) is 0 Å². The van der Waals surface area contributed by atoms with Crippen LogP contribution in [0.15, 0.2) is 24.4 Å². The van der Waals surface area contributed by atoms with Gasteiger partial charge < -0.3 is 15.7 Å². The van der Waals surface area contributed by atoms with Gasteiger partial charge >= 0.3 is 12.0 Å². The van der Waals surface area contributed by atoms with Crippen LogP contribution in [0.2, 0.25) is 0 Å². The molecule has 110 valence electrons. The van der Waals surface area contributed by atoms with Crippen molar-refractivity contribution in [2.45, 2.75) is 45.2 Å². The number of carbonyl (C=O) groups excluding carboxylic acids is 1. The highest BCUT2D eigenvalue weighted by atomic mass is 16.4. The molecule has 1 heterocycles. The minimum atomic E-state index is -0.873. The van der Waals surface area contributed by atoms with Gasteiger partial charge in [0.25, 0.3) is 0 Å². The van der Waals surface area contributed by atoms with Crippen molar-refractivity contribution >= 4 is 12.0 Å². The van der Waals surface area contributed by atoms with Crippen molar-refractivity contribution in [2.24, 2.45) is 0 Å². The van der Waals surface area contributed by atoms with E-state index in [0.717, 1.165) is 5.69 Å². The third kappa shape index (κ3) is 5.69. The van der Waals surface area contributed by atoms with Gasteiger partial charge in [-0.3, -0.25) is 9.78 Å². The van der Waals surface area contributed by atoms with Gasteiger partial charge in [-0.2, -0.15) is 0 Å². The van der Waals surface area contributed by atoms with Crippen molar-refractivity contribution in [1.29, 1.82) is 0 Å². The van der Waals surface area contributed by atoms with Gasteiger partial charge in [-0.1, -0.05) is 6.07 Å². The first kappa shape index (κ1) is 15.9. The number of aliphatic carboxylic acids is 1. The monoisotopic (exact) mass is 279 g/mol. The predicted molar refractivity (Wildman–Crippen MR) is 75.3 cm³/mol. The average Bonchev–Trinajstić information content (AvgIpc) is 2.37. The van der Waals surface area contributed by atoms with E-state index in [-0.39, 0.29) is 18.5 Å². The van der Waals surface area contributed by atoms with E-state index in [1.165, 1.54) is 0 Å². The van der Waals surface area contributed by atoms with Gasteiger partial charge in [-0.15, -0.1) is 0 Å². The van der Waals surface area contributed by atoms with Gasteiger partial charge in [0, 0.05) is 18.2 Å². The number of carboxylic acid groups (broad SMARTS) is 1. The van der Waals surface area contributed by atoms with Crippen LogP contribution >= 0.6 is 0 Å². The summed E-state index contributed by atoms with van der Waals surface area (Å²) < 4.78 is 0. The lowest BCUT2D eigenvalue weighted by molar-refractivity contribution is -0.137. The van der Waals surface area contributed by atoms with Gasteiger partial charge in [0.2, 0.25) is 0 Å². The van der Waals surface area contributed by atoms with Crippen LogP contribution in [-0.4, -0.2) is 27.6 Å².